The Morgan fingerprint density at radius 2 is 1.81 bits per heavy atom. The lowest BCUT2D eigenvalue weighted by Gasteiger charge is -2.22. The van der Waals surface area contributed by atoms with Crippen LogP contribution in [0.15, 0.2) is 12.1 Å². The number of carboxylic acids is 1. The van der Waals surface area contributed by atoms with Gasteiger partial charge in [-0.3, -0.25) is 4.79 Å². The summed E-state index contributed by atoms with van der Waals surface area (Å²) in [6.07, 6.45) is 1.18. The van der Waals surface area contributed by atoms with Crippen molar-refractivity contribution in [2.45, 2.75) is 25.8 Å². The Labute approximate surface area is 123 Å². The van der Waals surface area contributed by atoms with Crippen molar-refractivity contribution in [3.8, 4) is 11.5 Å². The minimum Gasteiger partial charge on any atom is -0.496 e. The van der Waals surface area contributed by atoms with Gasteiger partial charge in [-0.2, -0.15) is 0 Å². The van der Waals surface area contributed by atoms with Gasteiger partial charge in [0.2, 0.25) is 0 Å². The number of nitrogens with zero attached hydrogens (tertiary/aromatic N) is 1. The smallest absolute Gasteiger partial charge is 0.326 e. The maximum atomic E-state index is 12.6. The molecule has 1 aromatic rings. The van der Waals surface area contributed by atoms with Crippen LogP contribution >= 0.6 is 0 Å². The van der Waals surface area contributed by atoms with E-state index in [0.717, 1.165) is 5.56 Å². The van der Waals surface area contributed by atoms with Gasteiger partial charge in [-0.25, -0.2) is 4.79 Å². The summed E-state index contributed by atoms with van der Waals surface area (Å²) in [6.45, 7) is 2.29. The first-order chi connectivity index (χ1) is 9.99. The molecule has 1 aliphatic rings. The van der Waals surface area contributed by atoms with Crippen LogP contribution in [-0.2, 0) is 4.79 Å². The van der Waals surface area contributed by atoms with Crippen LogP contribution < -0.4 is 9.47 Å². The lowest BCUT2D eigenvalue weighted by atomic mass is 10.1. The van der Waals surface area contributed by atoms with Gasteiger partial charge in [0.05, 0.1) is 14.2 Å². The molecule has 1 aliphatic heterocycles. The molecule has 21 heavy (non-hydrogen) atoms. The van der Waals surface area contributed by atoms with E-state index in [2.05, 4.69) is 0 Å². The summed E-state index contributed by atoms with van der Waals surface area (Å²) in [7, 11) is 3.04. The summed E-state index contributed by atoms with van der Waals surface area (Å²) in [5.74, 6) is -0.184. The molecule has 2 rings (SSSR count). The van der Waals surface area contributed by atoms with Crippen LogP contribution in [0.3, 0.4) is 0 Å². The molecule has 0 aliphatic carbocycles. The first kappa shape index (κ1) is 15.2. The van der Waals surface area contributed by atoms with Gasteiger partial charge in [-0.05, 0) is 31.9 Å². The number of methoxy groups -OCH3 is 2. The Morgan fingerprint density at radius 3 is 2.29 bits per heavy atom. The molecule has 6 nitrogen and oxygen atoms in total. The van der Waals surface area contributed by atoms with E-state index in [-0.39, 0.29) is 5.91 Å². The van der Waals surface area contributed by atoms with E-state index < -0.39 is 12.0 Å². The molecule has 0 unspecified atom stereocenters. The number of benzene rings is 1. The van der Waals surface area contributed by atoms with Crippen molar-refractivity contribution < 1.29 is 24.2 Å². The number of carboxylic acid groups (broad SMARTS) is 1. The van der Waals surface area contributed by atoms with Crippen LogP contribution in [-0.4, -0.2) is 48.7 Å². The first-order valence-electron chi connectivity index (χ1n) is 6.76. The maximum Gasteiger partial charge on any atom is 0.326 e. The number of rotatable bonds is 4. The minimum atomic E-state index is -0.966. The quantitative estimate of drug-likeness (QED) is 0.914. The number of hydrogen-bond donors (Lipinski definition) is 1. The zero-order valence-electron chi connectivity index (χ0n) is 12.4. The van der Waals surface area contributed by atoms with Crippen molar-refractivity contribution in [3.63, 3.8) is 0 Å². The predicted octanol–water partition coefficient (Wildman–Crippen LogP) is 1.70. The molecule has 1 fully saturated rings. The summed E-state index contributed by atoms with van der Waals surface area (Å²) in [6, 6.07) is 2.49. The van der Waals surface area contributed by atoms with E-state index in [9.17, 15) is 14.7 Å². The molecule has 0 aromatic heterocycles. The number of carbonyl (C=O) groups is 2. The first-order valence-corrected chi connectivity index (χ1v) is 6.76. The lowest BCUT2D eigenvalue weighted by molar-refractivity contribution is -0.141. The molecule has 1 atom stereocenters. The predicted molar refractivity (Wildman–Crippen MR) is 76.0 cm³/mol. The zero-order valence-corrected chi connectivity index (χ0v) is 12.4. The summed E-state index contributed by atoms with van der Waals surface area (Å²) in [4.78, 5) is 25.2. The Hall–Kier alpha value is -2.24. The second-order valence-corrected chi connectivity index (χ2v) is 5.00. The fourth-order valence-corrected chi connectivity index (χ4v) is 2.64. The normalized spacial score (nSPS) is 17.7. The third-order valence-electron chi connectivity index (χ3n) is 3.80. The van der Waals surface area contributed by atoms with Crippen LogP contribution in [0.2, 0.25) is 0 Å². The van der Waals surface area contributed by atoms with Gasteiger partial charge in [0, 0.05) is 17.7 Å². The van der Waals surface area contributed by atoms with E-state index in [1.165, 1.54) is 19.1 Å². The molecule has 114 valence electrons. The summed E-state index contributed by atoms with van der Waals surface area (Å²) in [5.41, 5.74) is 1.18. The van der Waals surface area contributed by atoms with Gasteiger partial charge in [-0.1, -0.05) is 0 Å². The van der Waals surface area contributed by atoms with Crippen LogP contribution in [0.4, 0.5) is 0 Å². The fourth-order valence-electron chi connectivity index (χ4n) is 2.64. The molecular formula is C15H19NO5. The van der Waals surface area contributed by atoms with Gasteiger partial charge in [0.1, 0.15) is 17.5 Å². The molecule has 1 heterocycles. The fraction of sp³-hybridized carbons (Fsp3) is 0.467. The van der Waals surface area contributed by atoms with E-state index in [1.807, 2.05) is 6.92 Å². The van der Waals surface area contributed by atoms with Crippen molar-refractivity contribution >= 4 is 11.9 Å². The molecular weight excluding hydrogens is 274 g/mol. The average Bonchev–Trinajstić information content (AvgIpc) is 2.96. The third kappa shape index (κ3) is 2.79. The number of aliphatic carboxylic acids is 1. The molecule has 0 saturated carbocycles. The highest BCUT2D eigenvalue weighted by molar-refractivity contribution is 5.97. The van der Waals surface area contributed by atoms with Crippen molar-refractivity contribution in [2.24, 2.45) is 0 Å². The number of hydrogen-bond acceptors (Lipinski definition) is 4. The van der Waals surface area contributed by atoms with E-state index in [0.29, 0.717) is 36.4 Å². The summed E-state index contributed by atoms with van der Waals surface area (Å²) >= 11 is 0. The van der Waals surface area contributed by atoms with Gasteiger partial charge >= 0.3 is 5.97 Å². The van der Waals surface area contributed by atoms with Crippen LogP contribution in [0.5, 0.6) is 11.5 Å². The van der Waals surface area contributed by atoms with Crippen molar-refractivity contribution in [3.05, 3.63) is 23.3 Å². The lowest BCUT2D eigenvalue weighted by Crippen LogP contribution is -2.40. The number of amides is 1. The Bertz CT molecular complexity index is 544. The standard InChI is InChI=1S/C15H19NO5/c1-9-12(20-2)7-10(8-13(9)21-3)14(17)16-6-4-5-11(16)15(18)19/h7-8,11H,4-6H2,1-3H3,(H,18,19)/t11-/m1/s1. The Morgan fingerprint density at radius 1 is 1.24 bits per heavy atom. The second kappa shape index (κ2) is 6.03. The topological polar surface area (TPSA) is 76.1 Å². The van der Waals surface area contributed by atoms with Crippen LogP contribution in [0.1, 0.15) is 28.8 Å². The highest BCUT2D eigenvalue weighted by atomic mass is 16.5. The monoisotopic (exact) mass is 293 g/mol. The van der Waals surface area contributed by atoms with Gasteiger partial charge in [0.15, 0.2) is 0 Å². The van der Waals surface area contributed by atoms with Crippen molar-refractivity contribution in [2.75, 3.05) is 20.8 Å². The van der Waals surface area contributed by atoms with Gasteiger partial charge in [0.25, 0.3) is 5.91 Å². The third-order valence-corrected chi connectivity index (χ3v) is 3.80. The Kier molecular flexibility index (Phi) is 4.35. The average molecular weight is 293 g/mol. The van der Waals surface area contributed by atoms with Gasteiger partial charge in [-0.15, -0.1) is 0 Å². The second-order valence-electron chi connectivity index (χ2n) is 5.00. The van der Waals surface area contributed by atoms with Crippen molar-refractivity contribution in [1.82, 2.24) is 4.90 Å². The molecule has 0 radical (unpaired) electrons. The molecule has 1 saturated heterocycles. The molecule has 1 amide bonds. The highest BCUT2D eigenvalue weighted by Crippen LogP contribution is 2.31. The number of ether oxygens (including phenoxy) is 2. The van der Waals surface area contributed by atoms with Crippen LogP contribution in [0, 0.1) is 6.92 Å². The summed E-state index contributed by atoms with van der Waals surface area (Å²) in [5, 5.41) is 9.18. The molecule has 0 spiro atoms. The van der Waals surface area contributed by atoms with E-state index >= 15 is 0 Å². The van der Waals surface area contributed by atoms with E-state index in [4.69, 9.17) is 9.47 Å². The molecule has 1 N–H and O–H groups in total. The van der Waals surface area contributed by atoms with Crippen molar-refractivity contribution in [1.29, 1.82) is 0 Å². The van der Waals surface area contributed by atoms with Crippen LogP contribution in [0.25, 0.3) is 0 Å². The molecule has 1 aromatic carbocycles. The van der Waals surface area contributed by atoms with E-state index in [1.54, 1.807) is 12.1 Å². The van der Waals surface area contributed by atoms with Gasteiger partial charge < -0.3 is 19.5 Å². The zero-order chi connectivity index (χ0) is 15.6. The maximum absolute atomic E-state index is 12.6. The minimum absolute atomic E-state index is 0.309. The number of carbonyl (C=O) groups excluding carboxylic acids is 1. The molecule has 6 heteroatoms. The summed E-state index contributed by atoms with van der Waals surface area (Å²) < 4.78 is 10.5. The highest BCUT2D eigenvalue weighted by Gasteiger charge is 2.34. The largest absolute Gasteiger partial charge is 0.496 e. The number of likely N-dealkylation sites (tertiary alicyclic amines) is 1. The SMILES string of the molecule is COc1cc(C(=O)N2CCC[C@@H]2C(=O)O)cc(OC)c1C. The Balaban J connectivity index is 2.37. The molecule has 0 bridgehead atoms.